The smallest absolute Gasteiger partial charge is 0.407 e. The minimum absolute atomic E-state index is 0.0207. The molecule has 0 saturated carbocycles. The van der Waals surface area contributed by atoms with E-state index in [9.17, 15) is 4.79 Å². The van der Waals surface area contributed by atoms with Gasteiger partial charge in [-0.25, -0.2) is 15.2 Å². The number of fused-ring (bicyclic) bond motifs is 3. The molecule has 4 rings (SSSR count). The molecule has 106 valence electrons. The van der Waals surface area contributed by atoms with E-state index in [2.05, 4.69) is 29.1 Å². The molecule has 3 N–H and O–H groups in total. The van der Waals surface area contributed by atoms with Gasteiger partial charge in [-0.3, -0.25) is 10.3 Å². The number of amides is 1. The molecule has 1 amide bonds. The number of hydrogen-bond donors (Lipinski definition) is 3. The van der Waals surface area contributed by atoms with Crippen LogP contribution in [0.2, 0.25) is 0 Å². The van der Waals surface area contributed by atoms with Gasteiger partial charge in [-0.15, -0.1) is 0 Å². The summed E-state index contributed by atoms with van der Waals surface area (Å²) in [5.74, 6) is 0. The SMILES string of the molecule is O=C(O)N1CCC2(C=CC3=NC4NCNN4C=C32)CC1. The zero-order valence-electron chi connectivity index (χ0n) is 11.0. The summed E-state index contributed by atoms with van der Waals surface area (Å²) in [6, 6.07) is 0. The first kappa shape index (κ1) is 11.9. The van der Waals surface area contributed by atoms with Crippen LogP contribution < -0.4 is 10.7 Å². The van der Waals surface area contributed by atoms with Crippen LogP contribution in [0.4, 0.5) is 4.79 Å². The number of nitrogens with one attached hydrogen (secondary N) is 2. The van der Waals surface area contributed by atoms with Gasteiger partial charge in [0, 0.05) is 30.3 Å². The van der Waals surface area contributed by atoms with E-state index in [-0.39, 0.29) is 11.7 Å². The third-order valence-corrected chi connectivity index (χ3v) is 4.64. The number of piperidine rings is 1. The summed E-state index contributed by atoms with van der Waals surface area (Å²) >= 11 is 0. The molecule has 3 aliphatic heterocycles. The van der Waals surface area contributed by atoms with Crippen LogP contribution in [0.25, 0.3) is 0 Å². The lowest BCUT2D eigenvalue weighted by molar-refractivity contribution is 0.118. The van der Waals surface area contributed by atoms with Crippen molar-refractivity contribution in [3.63, 3.8) is 0 Å². The Balaban J connectivity index is 1.61. The van der Waals surface area contributed by atoms with Crippen molar-refractivity contribution in [1.29, 1.82) is 0 Å². The third-order valence-electron chi connectivity index (χ3n) is 4.64. The number of allylic oxidation sites excluding steroid dienone is 3. The summed E-state index contributed by atoms with van der Waals surface area (Å²) in [5.41, 5.74) is 5.44. The average molecular weight is 275 g/mol. The van der Waals surface area contributed by atoms with Crippen LogP contribution in [0.15, 0.2) is 28.9 Å². The van der Waals surface area contributed by atoms with Crippen LogP contribution in [0.3, 0.4) is 0 Å². The molecule has 20 heavy (non-hydrogen) atoms. The fourth-order valence-corrected chi connectivity index (χ4v) is 3.42. The summed E-state index contributed by atoms with van der Waals surface area (Å²) in [6.45, 7) is 1.88. The van der Waals surface area contributed by atoms with E-state index >= 15 is 0 Å². The maximum atomic E-state index is 11.0. The summed E-state index contributed by atoms with van der Waals surface area (Å²) in [4.78, 5) is 17.2. The second-order valence-electron chi connectivity index (χ2n) is 5.64. The fraction of sp³-hybridized carbons (Fsp3) is 0.538. The minimum atomic E-state index is -0.821. The van der Waals surface area contributed by atoms with Gasteiger partial charge in [0.05, 0.1) is 12.4 Å². The lowest BCUT2D eigenvalue weighted by Gasteiger charge is -2.39. The molecule has 4 aliphatic rings. The molecule has 7 heteroatoms. The summed E-state index contributed by atoms with van der Waals surface area (Å²) in [7, 11) is 0. The van der Waals surface area contributed by atoms with E-state index < -0.39 is 6.09 Å². The molecular formula is C13H17N5O2. The van der Waals surface area contributed by atoms with Crippen LogP contribution in [0, 0.1) is 5.41 Å². The molecule has 2 saturated heterocycles. The van der Waals surface area contributed by atoms with Gasteiger partial charge in [0.25, 0.3) is 0 Å². The predicted molar refractivity (Wildman–Crippen MR) is 72.7 cm³/mol. The molecule has 7 nitrogen and oxygen atoms in total. The molecule has 1 atom stereocenters. The Morgan fingerprint density at radius 2 is 2.25 bits per heavy atom. The largest absolute Gasteiger partial charge is 0.465 e. The molecule has 0 radical (unpaired) electrons. The van der Waals surface area contributed by atoms with Crippen LogP contribution in [-0.4, -0.2) is 52.9 Å². The highest BCUT2D eigenvalue weighted by Gasteiger charge is 2.44. The Kier molecular flexibility index (Phi) is 2.42. The zero-order chi connectivity index (χ0) is 13.7. The second kappa shape index (κ2) is 4.07. The topological polar surface area (TPSA) is 80.2 Å². The zero-order valence-corrected chi connectivity index (χ0v) is 11.0. The van der Waals surface area contributed by atoms with Crippen LogP contribution in [-0.2, 0) is 0 Å². The number of likely N-dealkylation sites (tertiary alicyclic amines) is 1. The van der Waals surface area contributed by atoms with Gasteiger partial charge in [-0.2, -0.15) is 0 Å². The summed E-state index contributed by atoms with van der Waals surface area (Å²) in [5, 5.41) is 14.3. The first-order valence-electron chi connectivity index (χ1n) is 6.91. The molecule has 2 fully saturated rings. The summed E-state index contributed by atoms with van der Waals surface area (Å²) < 4.78 is 0. The highest BCUT2D eigenvalue weighted by molar-refractivity contribution is 6.12. The number of nitrogens with zero attached hydrogens (tertiary/aromatic N) is 3. The number of carboxylic acid groups (broad SMARTS) is 1. The van der Waals surface area contributed by atoms with Gasteiger partial charge in [-0.1, -0.05) is 6.08 Å². The quantitative estimate of drug-likeness (QED) is 0.593. The Bertz CT molecular complexity index is 545. The number of rotatable bonds is 0. The van der Waals surface area contributed by atoms with Gasteiger partial charge < -0.3 is 10.0 Å². The monoisotopic (exact) mass is 275 g/mol. The van der Waals surface area contributed by atoms with Gasteiger partial charge in [-0.05, 0) is 18.9 Å². The molecule has 3 heterocycles. The Hall–Kier alpha value is -1.86. The Labute approximate surface area is 116 Å². The van der Waals surface area contributed by atoms with Crippen LogP contribution in [0.1, 0.15) is 12.8 Å². The van der Waals surface area contributed by atoms with Crippen molar-refractivity contribution in [2.24, 2.45) is 10.4 Å². The lowest BCUT2D eigenvalue weighted by Crippen LogP contribution is -2.44. The minimum Gasteiger partial charge on any atom is -0.465 e. The van der Waals surface area contributed by atoms with Crippen molar-refractivity contribution in [2.45, 2.75) is 19.1 Å². The second-order valence-corrected chi connectivity index (χ2v) is 5.64. The van der Waals surface area contributed by atoms with E-state index in [0.717, 1.165) is 18.6 Å². The molecule has 1 aliphatic carbocycles. The normalized spacial score (nSPS) is 30.1. The third kappa shape index (κ3) is 1.60. The Morgan fingerprint density at radius 1 is 1.45 bits per heavy atom. The summed E-state index contributed by atoms with van der Waals surface area (Å²) in [6.07, 6.45) is 7.23. The van der Waals surface area contributed by atoms with Crippen molar-refractivity contribution in [1.82, 2.24) is 20.7 Å². The molecule has 0 bridgehead atoms. The van der Waals surface area contributed by atoms with E-state index in [4.69, 9.17) is 10.1 Å². The van der Waals surface area contributed by atoms with E-state index in [1.807, 2.05) is 5.01 Å². The maximum Gasteiger partial charge on any atom is 0.407 e. The van der Waals surface area contributed by atoms with Crippen molar-refractivity contribution in [3.8, 4) is 0 Å². The van der Waals surface area contributed by atoms with E-state index in [1.54, 1.807) is 0 Å². The van der Waals surface area contributed by atoms with E-state index in [0.29, 0.717) is 19.8 Å². The molecular weight excluding hydrogens is 258 g/mol. The molecule has 1 spiro atoms. The first-order chi connectivity index (χ1) is 9.68. The Morgan fingerprint density at radius 3 is 3.00 bits per heavy atom. The van der Waals surface area contributed by atoms with Crippen molar-refractivity contribution in [3.05, 3.63) is 23.9 Å². The maximum absolute atomic E-state index is 11.0. The number of hydrogen-bond acceptors (Lipinski definition) is 5. The highest BCUT2D eigenvalue weighted by atomic mass is 16.4. The van der Waals surface area contributed by atoms with Crippen molar-refractivity contribution in [2.75, 3.05) is 19.8 Å². The number of carbonyl (C=O) groups is 1. The number of hydrazine groups is 1. The molecule has 0 aromatic heterocycles. The standard InChI is InChI=1S/C13H17N5O2/c19-12(20)17-5-3-13(4-6-17)2-1-10-9(13)7-18-11(16-10)14-8-15-18/h1-2,7,11,14-15H,3-6,8H2,(H,19,20). The van der Waals surface area contributed by atoms with Crippen LogP contribution >= 0.6 is 0 Å². The fourth-order valence-electron chi connectivity index (χ4n) is 3.42. The first-order valence-corrected chi connectivity index (χ1v) is 6.91. The van der Waals surface area contributed by atoms with Gasteiger partial charge in [0.15, 0.2) is 6.29 Å². The predicted octanol–water partition coefficient (Wildman–Crippen LogP) is 0.306. The molecule has 1 unspecified atom stereocenters. The molecule has 0 aromatic carbocycles. The van der Waals surface area contributed by atoms with Gasteiger partial charge in [0.2, 0.25) is 0 Å². The van der Waals surface area contributed by atoms with Crippen molar-refractivity contribution < 1.29 is 9.90 Å². The lowest BCUT2D eigenvalue weighted by atomic mass is 9.74. The van der Waals surface area contributed by atoms with Crippen molar-refractivity contribution >= 4 is 11.8 Å². The molecule has 0 aromatic rings. The number of aliphatic imine (C=N–C) groups is 1. The highest BCUT2D eigenvalue weighted by Crippen LogP contribution is 2.46. The van der Waals surface area contributed by atoms with Gasteiger partial charge >= 0.3 is 6.09 Å². The van der Waals surface area contributed by atoms with E-state index in [1.165, 1.54) is 10.5 Å². The van der Waals surface area contributed by atoms with Crippen LogP contribution in [0.5, 0.6) is 0 Å². The van der Waals surface area contributed by atoms with Gasteiger partial charge in [0.1, 0.15) is 0 Å². The average Bonchev–Trinajstić information content (AvgIpc) is 3.03.